The maximum atomic E-state index is 5.89. The zero-order valence-corrected chi connectivity index (χ0v) is 15.5. The van der Waals surface area contributed by atoms with Gasteiger partial charge < -0.3 is 4.74 Å². The van der Waals surface area contributed by atoms with Crippen molar-refractivity contribution in [1.82, 2.24) is 0 Å². The van der Waals surface area contributed by atoms with Crippen molar-refractivity contribution in [3.63, 3.8) is 0 Å². The normalized spacial score (nSPS) is 19.0. The van der Waals surface area contributed by atoms with Crippen LogP contribution in [0.15, 0.2) is 18.2 Å². The fourth-order valence-corrected chi connectivity index (χ4v) is 4.94. The molecule has 1 saturated carbocycles. The fourth-order valence-electron chi connectivity index (χ4n) is 3.94. The van der Waals surface area contributed by atoms with Gasteiger partial charge in [-0.1, -0.05) is 60.3 Å². The van der Waals surface area contributed by atoms with Crippen molar-refractivity contribution in [3.05, 3.63) is 29.3 Å². The minimum absolute atomic E-state index is 0.397. The lowest BCUT2D eigenvalue weighted by Gasteiger charge is -2.37. The molecule has 1 nitrogen and oxygen atoms in total. The number of benzene rings is 1. The predicted octanol–water partition coefficient (Wildman–Crippen LogP) is 6.44. The highest BCUT2D eigenvalue weighted by Crippen LogP contribution is 2.56. The molecule has 0 bridgehead atoms. The molecule has 1 atom stereocenters. The SMILES string of the molecule is CCOc1ccc(C)cc1C(Br)C1(CC(C)C)CCCC1. The first-order valence-electron chi connectivity index (χ1n) is 8.36. The minimum atomic E-state index is 0.397. The van der Waals surface area contributed by atoms with Gasteiger partial charge in [0.2, 0.25) is 0 Å². The van der Waals surface area contributed by atoms with E-state index in [0.717, 1.165) is 18.3 Å². The lowest BCUT2D eigenvalue weighted by molar-refractivity contribution is 0.226. The summed E-state index contributed by atoms with van der Waals surface area (Å²) in [5.74, 6) is 1.79. The van der Waals surface area contributed by atoms with Gasteiger partial charge in [-0.05, 0) is 50.5 Å². The Kier molecular flexibility index (Phi) is 5.76. The molecule has 2 heteroatoms. The highest BCUT2D eigenvalue weighted by Gasteiger charge is 2.42. The Morgan fingerprint density at radius 1 is 1.24 bits per heavy atom. The molecule has 1 unspecified atom stereocenters. The largest absolute Gasteiger partial charge is 0.494 e. The van der Waals surface area contributed by atoms with E-state index in [1.807, 2.05) is 0 Å². The van der Waals surface area contributed by atoms with Crippen LogP contribution >= 0.6 is 15.9 Å². The van der Waals surface area contributed by atoms with E-state index in [9.17, 15) is 0 Å². The molecule has 0 radical (unpaired) electrons. The Labute approximate surface area is 138 Å². The van der Waals surface area contributed by atoms with Gasteiger partial charge in [0.15, 0.2) is 0 Å². The van der Waals surface area contributed by atoms with E-state index in [-0.39, 0.29) is 0 Å². The molecular weight excluding hydrogens is 324 g/mol. The summed E-state index contributed by atoms with van der Waals surface area (Å²) in [4.78, 5) is 0.399. The molecule has 118 valence electrons. The van der Waals surface area contributed by atoms with Crippen LogP contribution in [0.25, 0.3) is 0 Å². The van der Waals surface area contributed by atoms with Gasteiger partial charge in [0.05, 0.1) is 6.61 Å². The number of alkyl halides is 1. The molecule has 1 aliphatic carbocycles. The van der Waals surface area contributed by atoms with Crippen molar-refractivity contribution >= 4 is 15.9 Å². The summed E-state index contributed by atoms with van der Waals surface area (Å²) in [6.07, 6.45) is 6.69. The summed E-state index contributed by atoms with van der Waals surface area (Å²) in [7, 11) is 0. The van der Waals surface area contributed by atoms with Gasteiger partial charge in [-0.15, -0.1) is 0 Å². The standard InChI is InChI=1S/C19H29BrO/c1-5-21-17-9-8-15(4)12-16(17)18(20)19(13-14(2)3)10-6-7-11-19/h8-9,12,14,18H,5-7,10-11,13H2,1-4H3. The smallest absolute Gasteiger partial charge is 0.123 e. The zero-order chi connectivity index (χ0) is 15.5. The van der Waals surface area contributed by atoms with E-state index in [2.05, 4.69) is 61.8 Å². The summed E-state index contributed by atoms with van der Waals surface area (Å²) < 4.78 is 5.89. The van der Waals surface area contributed by atoms with Gasteiger partial charge in [-0.25, -0.2) is 0 Å². The highest BCUT2D eigenvalue weighted by molar-refractivity contribution is 9.09. The first kappa shape index (κ1) is 16.9. The van der Waals surface area contributed by atoms with Gasteiger partial charge >= 0.3 is 0 Å². The molecule has 0 saturated heterocycles. The van der Waals surface area contributed by atoms with Crippen molar-refractivity contribution in [2.24, 2.45) is 11.3 Å². The number of hydrogen-bond acceptors (Lipinski definition) is 1. The second-order valence-electron chi connectivity index (χ2n) is 7.00. The number of hydrogen-bond donors (Lipinski definition) is 0. The van der Waals surface area contributed by atoms with Crippen LogP contribution in [0.4, 0.5) is 0 Å². The molecule has 0 spiro atoms. The highest BCUT2D eigenvalue weighted by atomic mass is 79.9. The van der Waals surface area contributed by atoms with Crippen LogP contribution in [0.2, 0.25) is 0 Å². The van der Waals surface area contributed by atoms with Gasteiger partial charge in [0, 0.05) is 10.4 Å². The van der Waals surface area contributed by atoms with Crippen LogP contribution in [-0.2, 0) is 0 Å². The van der Waals surface area contributed by atoms with Crippen LogP contribution in [-0.4, -0.2) is 6.61 Å². The Hall–Kier alpha value is -0.500. The number of ether oxygens (including phenoxy) is 1. The van der Waals surface area contributed by atoms with E-state index in [1.54, 1.807) is 0 Å². The molecule has 0 N–H and O–H groups in total. The monoisotopic (exact) mass is 352 g/mol. The summed E-state index contributed by atoms with van der Waals surface area (Å²) in [5, 5.41) is 0. The second kappa shape index (κ2) is 7.17. The summed E-state index contributed by atoms with van der Waals surface area (Å²) >= 11 is 4.07. The molecular formula is C19H29BrO. The number of halogens is 1. The first-order chi connectivity index (χ1) is 9.98. The lowest BCUT2D eigenvalue weighted by atomic mass is 9.73. The van der Waals surface area contributed by atoms with E-state index in [1.165, 1.54) is 43.2 Å². The van der Waals surface area contributed by atoms with Crippen LogP contribution in [0, 0.1) is 18.3 Å². The minimum Gasteiger partial charge on any atom is -0.494 e. The zero-order valence-electron chi connectivity index (χ0n) is 13.9. The Balaban J connectivity index is 2.36. The maximum Gasteiger partial charge on any atom is 0.123 e. The molecule has 1 aromatic carbocycles. The van der Waals surface area contributed by atoms with E-state index < -0.39 is 0 Å². The van der Waals surface area contributed by atoms with Crippen molar-refractivity contribution in [1.29, 1.82) is 0 Å². The third kappa shape index (κ3) is 3.83. The van der Waals surface area contributed by atoms with Gasteiger partial charge in [-0.3, -0.25) is 0 Å². The average molecular weight is 353 g/mol. The van der Waals surface area contributed by atoms with Gasteiger partial charge in [0.1, 0.15) is 5.75 Å². The Morgan fingerprint density at radius 2 is 1.90 bits per heavy atom. The molecule has 0 aliphatic heterocycles. The molecule has 21 heavy (non-hydrogen) atoms. The van der Waals surface area contributed by atoms with Crippen LogP contribution < -0.4 is 4.74 Å². The lowest BCUT2D eigenvalue weighted by Crippen LogP contribution is -2.25. The summed E-state index contributed by atoms with van der Waals surface area (Å²) in [5.41, 5.74) is 3.06. The van der Waals surface area contributed by atoms with Crippen molar-refractivity contribution < 1.29 is 4.74 Å². The van der Waals surface area contributed by atoms with Crippen LogP contribution in [0.3, 0.4) is 0 Å². The molecule has 0 aromatic heterocycles. The van der Waals surface area contributed by atoms with Crippen molar-refractivity contribution in [2.75, 3.05) is 6.61 Å². The van der Waals surface area contributed by atoms with E-state index in [4.69, 9.17) is 4.74 Å². The third-order valence-electron chi connectivity index (χ3n) is 4.69. The molecule has 1 aromatic rings. The van der Waals surface area contributed by atoms with Crippen LogP contribution in [0.5, 0.6) is 5.75 Å². The first-order valence-corrected chi connectivity index (χ1v) is 9.27. The van der Waals surface area contributed by atoms with E-state index in [0.29, 0.717) is 10.2 Å². The molecule has 2 rings (SSSR count). The molecule has 0 heterocycles. The van der Waals surface area contributed by atoms with Gasteiger partial charge in [-0.2, -0.15) is 0 Å². The Morgan fingerprint density at radius 3 is 2.48 bits per heavy atom. The summed E-state index contributed by atoms with van der Waals surface area (Å²) in [6, 6.07) is 6.60. The molecule has 1 aliphatic rings. The molecule has 0 amide bonds. The van der Waals surface area contributed by atoms with Crippen molar-refractivity contribution in [3.8, 4) is 5.75 Å². The molecule has 1 fully saturated rings. The van der Waals surface area contributed by atoms with Crippen molar-refractivity contribution in [2.45, 2.75) is 64.6 Å². The number of rotatable bonds is 6. The fraction of sp³-hybridized carbons (Fsp3) is 0.684. The Bertz CT molecular complexity index is 461. The average Bonchev–Trinajstić information content (AvgIpc) is 2.89. The van der Waals surface area contributed by atoms with Crippen LogP contribution in [0.1, 0.15) is 68.8 Å². The predicted molar refractivity (Wildman–Crippen MR) is 94.4 cm³/mol. The number of aryl methyl sites for hydroxylation is 1. The topological polar surface area (TPSA) is 9.23 Å². The van der Waals surface area contributed by atoms with Gasteiger partial charge in [0.25, 0.3) is 0 Å². The quantitative estimate of drug-likeness (QED) is 0.535. The summed E-state index contributed by atoms with van der Waals surface area (Å²) in [6.45, 7) is 9.65. The second-order valence-corrected chi connectivity index (χ2v) is 7.92. The maximum absolute atomic E-state index is 5.89. The van der Waals surface area contributed by atoms with E-state index >= 15 is 0 Å². The third-order valence-corrected chi connectivity index (χ3v) is 6.15.